The lowest BCUT2D eigenvalue weighted by molar-refractivity contribution is 0.279. The van der Waals surface area contributed by atoms with Crippen LogP contribution in [0.2, 0.25) is 0 Å². The summed E-state index contributed by atoms with van der Waals surface area (Å²) < 4.78 is 1.97. The first kappa shape index (κ1) is 11.6. The average molecular weight is 222 g/mol. The summed E-state index contributed by atoms with van der Waals surface area (Å²) in [7, 11) is 1.99. The van der Waals surface area contributed by atoms with Gasteiger partial charge < -0.3 is 9.88 Å². The molecule has 2 rings (SSSR count). The van der Waals surface area contributed by atoms with Crippen LogP contribution in [-0.4, -0.2) is 20.8 Å². The first-order chi connectivity index (χ1) is 7.77. The third kappa shape index (κ3) is 2.82. The Morgan fingerprint density at radius 3 is 2.81 bits per heavy atom. The molecule has 1 N–H and O–H groups in total. The predicted molar refractivity (Wildman–Crippen MR) is 63.9 cm³/mol. The molecule has 1 aromatic rings. The first-order valence-electron chi connectivity index (χ1n) is 6.33. The van der Waals surface area contributed by atoms with E-state index in [1.165, 1.54) is 32.1 Å². The van der Waals surface area contributed by atoms with Crippen molar-refractivity contribution in [2.75, 3.05) is 0 Å². The van der Waals surface area contributed by atoms with Crippen LogP contribution < -0.4 is 5.32 Å². The van der Waals surface area contributed by atoms with E-state index >= 15 is 0 Å². The maximum Gasteiger partial charge on any atom is 0.146 e. The second kappa shape index (κ2) is 5.43. The third-order valence-corrected chi connectivity index (χ3v) is 3.74. The quantitative estimate of drug-likeness (QED) is 0.845. The highest BCUT2D eigenvalue weighted by molar-refractivity contribution is 4.85. The Labute approximate surface area is 97.5 Å². The number of nitrogens with one attached hydrogen (secondary N) is 1. The monoisotopic (exact) mass is 222 g/mol. The number of rotatable bonds is 4. The van der Waals surface area contributed by atoms with Crippen molar-refractivity contribution < 1.29 is 0 Å². The Morgan fingerprint density at radius 2 is 2.19 bits per heavy atom. The van der Waals surface area contributed by atoms with Crippen molar-refractivity contribution >= 4 is 0 Å². The lowest BCUT2D eigenvalue weighted by atomic mass is 9.84. The SMILES string of the molecule is C[C@H](NCc1nncn1C)C1CCCCC1. The highest BCUT2D eigenvalue weighted by atomic mass is 15.3. The van der Waals surface area contributed by atoms with Gasteiger partial charge in [0.15, 0.2) is 0 Å². The number of aryl methyl sites for hydroxylation is 1. The molecule has 1 aliphatic rings. The molecule has 0 saturated heterocycles. The number of hydrogen-bond acceptors (Lipinski definition) is 3. The van der Waals surface area contributed by atoms with E-state index in [0.717, 1.165) is 18.3 Å². The molecule has 1 aromatic heterocycles. The molecule has 4 heteroatoms. The van der Waals surface area contributed by atoms with Crippen LogP contribution in [0, 0.1) is 5.92 Å². The molecular formula is C12H22N4. The van der Waals surface area contributed by atoms with E-state index < -0.39 is 0 Å². The van der Waals surface area contributed by atoms with Crippen molar-refractivity contribution in [2.24, 2.45) is 13.0 Å². The average Bonchev–Trinajstić information content (AvgIpc) is 2.73. The fourth-order valence-corrected chi connectivity index (χ4v) is 2.52. The standard InChI is InChI=1S/C12H22N4/c1-10(11-6-4-3-5-7-11)13-8-12-15-14-9-16(12)2/h9-11,13H,3-8H2,1-2H3/t10-/m0/s1. The van der Waals surface area contributed by atoms with Gasteiger partial charge in [-0.15, -0.1) is 10.2 Å². The Morgan fingerprint density at radius 1 is 1.44 bits per heavy atom. The van der Waals surface area contributed by atoms with Gasteiger partial charge in [0, 0.05) is 13.1 Å². The number of nitrogens with zero attached hydrogens (tertiary/aromatic N) is 3. The minimum atomic E-state index is 0.594. The molecule has 1 fully saturated rings. The highest BCUT2D eigenvalue weighted by Gasteiger charge is 2.19. The lowest BCUT2D eigenvalue weighted by Gasteiger charge is -2.28. The van der Waals surface area contributed by atoms with Crippen LogP contribution in [0.5, 0.6) is 0 Å². The van der Waals surface area contributed by atoms with Crippen molar-refractivity contribution in [1.82, 2.24) is 20.1 Å². The highest BCUT2D eigenvalue weighted by Crippen LogP contribution is 2.26. The maximum atomic E-state index is 4.08. The molecule has 0 unspecified atom stereocenters. The van der Waals surface area contributed by atoms with Gasteiger partial charge in [-0.05, 0) is 25.7 Å². The number of aromatic nitrogens is 3. The van der Waals surface area contributed by atoms with Gasteiger partial charge in [-0.25, -0.2) is 0 Å². The minimum Gasteiger partial charge on any atom is -0.320 e. The Hall–Kier alpha value is -0.900. The minimum absolute atomic E-state index is 0.594. The molecule has 16 heavy (non-hydrogen) atoms. The van der Waals surface area contributed by atoms with Gasteiger partial charge in [-0.2, -0.15) is 0 Å². The molecule has 0 bridgehead atoms. The molecule has 90 valence electrons. The van der Waals surface area contributed by atoms with Crippen LogP contribution >= 0.6 is 0 Å². The van der Waals surface area contributed by atoms with E-state index in [2.05, 4.69) is 22.4 Å². The molecule has 1 atom stereocenters. The van der Waals surface area contributed by atoms with Gasteiger partial charge >= 0.3 is 0 Å². The third-order valence-electron chi connectivity index (χ3n) is 3.74. The fourth-order valence-electron chi connectivity index (χ4n) is 2.52. The molecule has 1 aliphatic carbocycles. The van der Waals surface area contributed by atoms with E-state index in [0.29, 0.717) is 6.04 Å². The van der Waals surface area contributed by atoms with Crippen LogP contribution in [0.1, 0.15) is 44.9 Å². The number of hydrogen-bond donors (Lipinski definition) is 1. The second-order valence-corrected chi connectivity index (χ2v) is 4.93. The van der Waals surface area contributed by atoms with E-state index in [1.54, 1.807) is 6.33 Å². The molecular weight excluding hydrogens is 200 g/mol. The van der Waals surface area contributed by atoms with Crippen molar-refractivity contribution in [3.63, 3.8) is 0 Å². The Balaban J connectivity index is 1.78. The van der Waals surface area contributed by atoms with Crippen molar-refractivity contribution in [2.45, 2.75) is 51.6 Å². The summed E-state index contributed by atoms with van der Waals surface area (Å²) in [4.78, 5) is 0. The molecule has 1 heterocycles. The smallest absolute Gasteiger partial charge is 0.146 e. The van der Waals surface area contributed by atoms with Gasteiger partial charge in [0.1, 0.15) is 12.2 Å². The largest absolute Gasteiger partial charge is 0.320 e. The Kier molecular flexibility index (Phi) is 3.93. The summed E-state index contributed by atoms with van der Waals surface area (Å²) in [6.45, 7) is 3.13. The molecule has 0 amide bonds. The van der Waals surface area contributed by atoms with Crippen LogP contribution in [-0.2, 0) is 13.6 Å². The molecule has 4 nitrogen and oxygen atoms in total. The summed E-state index contributed by atoms with van der Waals surface area (Å²) in [6.07, 6.45) is 8.75. The van der Waals surface area contributed by atoms with E-state index in [4.69, 9.17) is 0 Å². The summed E-state index contributed by atoms with van der Waals surface area (Å²) >= 11 is 0. The zero-order valence-electron chi connectivity index (χ0n) is 10.3. The topological polar surface area (TPSA) is 42.7 Å². The van der Waals surface area contributed by atoms with Crippen LogP contribution in [0.4, 0.5) is 0 Å². The predicted octanol–water partition coefficient (Wildman–Crippen LogP) is 1.87. The Bertz CT molecular complexity index is 315. The molecule has 0 radical (unpaired) electrons. The zero-order valence-corrected chi connectivity index (χ0v) is 10.3. The maximum absolute atomic E-state index is 4.08. The molecule has 0 aliphatic heterocycles. The summed E-state index contributed by atoms with van der Waals surface area (Å²) in [5.74, 6) is 1.87. The zero-order chi connectivity index (χ0) is 11.4. The van der Waals surface area contributed by atoms with E-state index in [1.807, 2.05) is 11.6 Å². The van der Waals surface area contributed by atoms with Gasteiger partial charge in [-0.3, -0.25) is 0 Å². The van der Waals surface area contributed by atoms with Crippen molar-refractivity contribution in [3.05, 3.63) is 12.2 Å². The summed E-state index contributed by atoms with van der Waals surface area (Å²) in [5.41, 5.74) is 0. The van der Waals surface area contributed by atoms with Crippen LogP contribution in [0.15, 0.2) is 6.33 Å². The van der Waals surface area contributed by atoms with Gasteiger partial charge in [0.25, 0.3) is 0 Å². The fraction of sp³-hybridized carbons (Fsp3) is 0.833. The molecule has 0 spiro atoms. The van der Waals surface area contributed by atoms with E-state index in [9.17, 15) is 0 Å². The lowest BCUT2D eigenvalue weighted by Crippen LogP contribution is -2.34. The second-order valence-electron chi connectivity index (χ2n) is 4.93. The van der Waals surface area contributed by atoms with Crippen LogP contribution in [0.25, 0.3) is 0 Å². The van der Waals surface area contributed by atoms with Crippen LogP contribution in [0.3, 0.4) is 0 Å². The van der Waals surface area contributed by atoms with Gasteiger partial charge in [0.05, 0.1) is 6.54 Å². The first-order valence-corrected chi connectivity index (χ1v) is 6.33. The van der Waals surface area contributed by atoms with Crippen molar-refractivity contribution in [3.8, 4) is 0 Å². The molecule has 0 aromatic carbocycles. The van der Waals surface area contributed by atoms with Gasteiger partial charge in [-0.1, -0.05) is 19.3 Å². The molecule has 1 saturated carbocycles. The van der Waals surface area contributed by atoms with Gasteiger partial charge in [0.2, 0.25) is 0 Å². The summed E-state index contributed by atoms with van der Waals surface area (Å²) in [6, 6.07) is 0.594. The summed E-state index contributed by atoms with van der Waals surface area (Å²) in [5, 5.41) is 11.5. The van der Waals surface area contributed by atoms with E-state index in [-0.39, 0.29) is 0 Å². The normalized spacial score (nSPS) is 19.9. The van der Waals surface area contributed by atoms with Crippen molar-refractivity contribution in [1.29, 1.82) is 0 Å².